The number of anilines is 1. The maximum atomic E-state index is 6.04. The number of aryl methyl sites for hydroxylation is 1. The summed E-state index contributed by atoms with van der Waals surface area (Å²) < 4.78 is 12.5. The third kappa shape index (κ3) is 5.34. The van der Waals surface area contributed by atoms with Gasteiger partial charge in [-0.1, -0.05) is 51.8 Å². The van der Waals surface area contributed by atoms with Gasteiger partial charge in [0.25, 0.3) is 0 Å². The Morgan fingerprint density at radius 1 is 1.00 bits per heavy atom. The third-order valence-electron chi connectivity index (χ3n) is 3.97. The highest BCUT2D eigenvalue weighted by molar-refractivity contribution is 9.10. The van der Waals surface area contributed by atoms with Crippen molar-refractivity contribution in [2.24, 2.45) is 5.10 Å². The van der Waals surface area contributed by atoms with Crippen molar-refractivity contribution in [2.75, 3.05) is 12.5 Å². The number of hydrogen-bond donors (Lipinski definition) is 1. The smallest absolute Gasteiger partial charge is 0.170 e. The Morgan fingerprint density at radius 2 is 1.74 bits per heavy atom. The molecule has 0 fully saturated rings. The molecule has 0 bridgehead atoms. The molecule has 0 aromatic heterocycles. The van der Waals surface area contributed by atoms with Gasteiger partial charge in [-0.3, -0.25) is 5.43 Å². The van der Waals surface area contributed by atoms with Crippen molar-refractivity contribution in [1.29, 1.82) is 0 Å². The van der Waals surface area contributed by atoms with Gasteiger partial charge in [-0.05, 0) is 48.9 Å². The first-order valence-corrected chi connectivity index (χ1v) is 9.35. The van der Waals surface area contributed by atoms with Crippen LogP contribution in [-0.4, -0.2) is 13.3 Å². The van der Waals surface area contributed by atoms with E-state index in [0.717, 1.165) is 21.3 Å². The van der Waals surface area contributed by atoms with Crippen molar-refractivity contribution in [3.05, 3.63) is 87.9 Å². The zero-order valence-electron chi connectivity index (χ0n) is 15.3. The Kier molecular flexibility index (Phi) is 6.49. The van der Waals surface area contributed by atoms with E-state index >= 15 is 0 Å². The van der Waals surface area contributed by atoms with E-state index in [4.69, 9.17) is 9.47 Å². The molecule has 5 heteroatoms. The predicted octanol–water partition coefficient (Wildman–Crippen LogP) is 5.79. The van der Waals surface area contributed by atoms with Gasteiger partial charge in [0.15, 0.2) is 11.5 Å². The quantitative estimate of drug-likeness (QED) is 0.385. The van der Waals surface area contributed by atoms with Gasteiger partial charge in [-0.25, -0.2) is 0 Å². The van der Waals surface area contributed by atoms with Crippen LogP contribution in [0.3, 0.4) is 0 Å². The molecule has 0 aliphatic carbocycles. The molecule has 1 N–H and O–H groups in total. The van der Waals surface area contributed by atoms with Gasteiger partial charge in [-0.15, -0.1) is 0 Å². The van der Waals surface area contributed by atoms with Gasteiger partial charge in [0.2, 0.25) is 0 Å². The van der Waals surface area contributed by atoms with Crippen molar-refractivity contribution in [2.45, 2.75) is 13.5 Å². The molecule has 3 aromatic carbocycles. The van der Waals surface area contributed by atoms with E-state index in [1.165, 1.54) is 5.56 Å². The second kappa shape index (κ2) is 9.24. The van der Waals surface area contributed by atoms with E-state index in [1.54, 1.807) is 13.3 Å². The molecule has 0 unspecified atom stereocenters. The fourth-order valence-electron chi connectivity index (χ4n) is 2.49. The van der Waals surface area contributed by atoms with Crippen molar-refractivity contribution < 1.29 is 9.47 Å². The Labute approximate surface area is 168 Å². The summed E-state index contributed by atoms with van der Waals surface area (Å²) in [6.45, 7) is 2.50. The van der Waals surface area contributed by atoms with Crippen LogP contribution in [0.5, 0.6) is 11.5 Å². The lowest BCUT2D eigenvalue weighted by Gasteiger charge is -2.13. The van der Waals surface area contributed by atoms with E-state index < -0.39 is 0 Å². The molecule has 0 spiro atoms. The Bertz CT molecular complexity index is 907. The summed E-state index contributed by atoms with van der Waals surface area (Å²) in [5.74, 6) is 1.34. The van der Waals surface area contributed by atoms with Gasteiger partial charge in [0.05, 0.1) is 19.0 Å². The first-order chi connectivity index (χ1) is 13.2. The third-order valence-corrected chi connectivity index (χ3v) is 4.50. The SMILES string of the molecule is COc1cccc(C=NNc2ccc(C)cc2)c1OCc1ccc(Br)cc1. The lowest BCUT2D eigenvalue weighted by atomic mass is 10.2. The normalized spacial score (nSPS) is 10.8. The van der Waals surface area contributed by atoms with Crippen LogP contribution in [-0.2, 0) is 6.61 Å². The fourth-order valence-corrected chi connectivity index (χ4v) is 2.75. The van der Waals surface area contributed by atoms with E-state index in [2.05, 4.69) is 33.4 Å². The maximum absolute atomic E-state index is 6.04. The fraction of sp³-hybridized carbons (Fsp3) is 0.136. The van der Waals surface area contributed by atoms with Gasteiger partial charge >= 0.3 is 0 Å². The molecule has 3 rings (SSSR count). The number of benzene rings is 3. The average molecular weight is 425 g/mol. The molecule has 0 amide bonds. The topological polar surface area (TPSA) is 42.8 Å². The molecule has 0 aliphatic rings. The molecule has 138 valence electrons. The highest BCUT2D eigenvalue weighted by atomic mass is 79.9. The minimum atomic E-state index is 0.444. The molecule has 0 radical (unpaired) electrons. The van der Waals surface area contributed by atoms with Gasteiger partial charge in [-0.2, -0.15) is 5.10 Å². The maximum Gasteiger partial charge on any atom is 0.170 e. The number of nitrogens with one attached hydrogen (secondary N) is 1. The summed E-state index contributed by atoms with van der Waals surface area (Å²) in [5, 5.41) is 4.33. The van der Waals surface area contributed by atoms with Crippen LogP contribution in [0.15, 0.2) is 76.3 Å². The van der Waals surface area contributed by atoms with Crippen LogP contribution < -0.4 is 14.9 Å². The summed E-state index contributed by atoms with van der Waals surface area (Å²) in [5.41, 5.74) is 7.08. The minimum absolute atomic E-state index is 0.444. The molecule has 0 heterocycles. The molecular weight excluding hydrogens is 404 g/mol. The molecule has 3 aromatic rings. The molecule has 4 nitrogen and oxygen atoms in total. The molecule has 0 saturated heterocycles. The number of hydrogen-bond acceptors (Lipinski definition) is 4. The largest absolute Gasteiger partial charge is 0.493 e. The summed E-state index contributed by atoms with van der Waals surface area (Å²) in [7, 11) is 1.63. The number of nitrogens with zero attached hydrogens (tertiary/aromatic N) is 1. The van der Waals surface area contributed by atoms with Crippen molar-refractivity contribution in [1.82, 2.24) is 0 Å². The van der Waals surface area contributed by atoms with E-state index in [9.17, 15) is 0 Å². The molecular formula is C22H21BrN2O2. The van der Waals surface area contributed by atoms with Crippen LogP contribution in [0.2, 0.25) is 0 Å². The lowest BCUT2D eigenvalue weighted by molar-refractivity contribution is 0.284. The zero-order chi connectivity index (χ0) is 19.1. The second-order valence-electron chi connectivity index (χ2n) is 6.03. The monoisotopic (exact) mass is 424 g/mol. The second-order valence-corrected chi connectivity index (χ2v) is 6.95. The summed E-state index contributed by atoms with van der Waals surface area (Å²) in [6.07, 6.45) is 1.74. The Hall–Kier alpha value is -2.79. The van der Waals surface area contributed by atoms with Gasteiger partial charge in [0.1, 0.15) is 6.61 Å². The van der Waals surface area contributed by atoms with Gasteiger partial charge in [0, 0.05) is 10.0 Å². The van der Waals surface area contributed by atoms with Crippen molar-refractivity contribution >= 4 is 27.8 Å². The molecule has 27 heavy (non-hydrogen) atoms. The van der Waals surface area contributed by atoms with Crippen molar-refractivity contribution in [3.8, 4) is 11.5 Å². The average Bonchev–Trinajstić information content (AvgIpc) is 2.69. The number of methoxy groups -OCH3 is 1. The minimum Gasteiger partial charge on any atom is -0.493 e. The van der Waals surface area contributed by atoms with E-state index in [1.807, 2.05) is 66.7 Å². The Balaban J connectivity index is 1.75. The first kappa shape index (κ1) is 19.0. The van der Waals surface area contributed by atoms with Crippen LogP contribution in [0.25, 0.3) is 0 Å². The number of halogens is 1. The highest BCUT2D eigenvalue weighted by Crippen LogP contribution is 2.31. The summed E-state index contributed by atoms with van der Waals surface area (Å²) >= 11 is 3.44. The number of para-hydroxylation sites is 1. The van der Waals surface area contributed by atoms with Gasteiger partial charge < -0.3 is 9.47 Å². The first-order valence-electron chi connectivity index (χ1n) is 8.55. The van der Waals surface area contributed by atoms with Crippen LogP contribution >= 0.6 is 15.9 Å². The predicted molar refractivity (Wildman–Crippen MR) is 114 cm³/mol. The van der Waals surface area contributed by atoms with Crippen LogP contribution in [0, 0.1) is 6.92 Å². The number of rotatable bonds is 7. The molecule has 0 saturated carbocycles. The summed E-state index contributed by atoms with van der Waals surface area (Å²) in [4.78, 5) is 0. The molecule has 0 aliphatic heterocycles. The Morgan fingerprint density at radius 3 is 2.44 bits per heavy atom. The number of hydrazone groups is 1. The highest BCUT2D eigenvalue weighted by Gasteiger charge is 2.09. The molecule has 0 atom stereocenters. The zero-order valence-corrected chi connectivity index (χ0v) is 16.9. The van der Waals surface area contributed by atoms with Crippen LogP contribution in [0.1, 0.15) is 16.7 Å². The van der Waals surface area contributed by atoms with Crippen molar-refractivity contribution in [3.63, 3.8) is 0 Å². The summed E-state index contributed by atoms with van der Waals surface area (Å²) in [6, 6.07) is 21.8. The lowest BCUT2D eigenvalue weighted by Crippen LogP contribution is -2.01. The standard InChI is InChI=1S/C22H21BrN2O2/c1-16-6-12-20(13-7-16)25-24-14-18-4-3-5-21(26-2)22(18)27-15-17-8-10-19(23)11-9-17/h3-14,25H,15H2,1-2H3. The van der Waals surface area contributed by atoms with E-state index in [0.29, 0.717) is 18.1 Å². The van der Waals surface area contributed by atoms with Crippen LogP contribution in [0.4, 0.5) is 5.69 Å². The van der Waals surface area contributed by atoms with E-state index in [-0.39, 0.29) is 0 Å². The number of ether oxygens (including phenoxy) is 2.